The first-order valence-corrected chi connectivity index (χ1v) is 12.4. The van der Waals surface area contributed by atoms with Gasteiger partial charge in [0.1, 0.15) is 17.5 Å². The summed E-state index contributed by atoms with van der Waals surface area (Å²) >= 11 is 0. The van der Waals surface area contributed by atoms with Crippen LogP contribution in [0.15, 0.2) is 60.8 Å². The number of hydrogen-bond donors (Lipinski definition) is 1. The van der Waals surface area contributed by atoms with Crippen molar-refractivity contribution in [2.24, 2.45) is 0 Å². The zero-order valence-electron chi connectivity index (χ0n) is 21.9. The van der Waals surface area contributed by atoms with E-state index in [0.29, 0.717) is 24.2 Å². The van der Waals surface area contributed by atoms with Gasteiger partial charge < -0.3 is 14.8 Å². The highest BCUT2D eigenvalue weighted by atomic mass is 19.4. The van der Waals surface area contributed by atoms with Gasteiger partial charge in [0, 0.05) is 23.9 Å². The van der Waals surface area contributed by atoms with Crippen molar-refractivity contribution < 1.29 is 27.4 Å². The fourth-order valence-corrected chi connectivity index (χ4v) is 4.63. The number of carbonyl (C=O) groups excluding carboxylic acids is 1. The molecule has 1 unspecified atom stereocenters. The number of rotatable bonds is 4. The van der Waals surface area contributed by atoms with Crippen LogP contribution in [-0.2, 0) is 17.3 Å². The molecule has 1 aliphatic rings. The van der Waals surface area contributed by atoms with Gasteiger partial charge in [-0.1, -0.05) is 24.3 Å². The van der Waals surface area contributed by atoms with Crippen molar-refractivity contribution in [3.63, 3.8) is 0 Å². The second-order valence-corrected chi connectivity index (χ2v) is 10.2. The largest absolute Gasteiger partial charge is 0.496 e. The molecule has 0 saturated carbocycles. The van der Waals surface area contributed by atoms with E-state index in [-0.39, 0.29) is 17.3 Å². The minimum atomic E-state index is -4.52. The van der Waals surface area contributed by atoms with E-state index in [2.05, 4.69) is 15.4 Å². The molecular formula is C28H28F3N5O3. The van der Waals surface area contributed by atoms with E-state index >= 15 is 0 Å². The summed E-state index contributed by atoms with van der Waals surface area (Å²) in [4.78, 5) is 19.3. The number of benzene rings is 2. The topological polar surface area (TPSA) is 81.0 Å². The third kappa shape index (κ3) is 5.34. The van der Waals surface area contributed by atoms with Crippen LogP contribution in [0.1, 0.15) is 43.6 Å². The Morgan fingerprint density at radius 2 is 1.82 bits per heavy atom. The number of amides is 1. The summed E-state index contributed by atoms with van der Waals surface area (Å²) in [5.41, 5.74) is 1.44. The molecule has 204 valence electrons. The molecular weight excluding hydrogens is 511 g/mol. The first-order valence-electron chi connectivity index (χ1n) is 12.4. The van der Waals surface area contributed by atoms with Gasteiger partial charge >= 0.3 is 12.3 Å². The average Bonchev–Trinajstić information content (AvgIpc) is 3.29. The van der Waals surface area contributed by atoms with Crippen LogP contribution in [0.5, 0.6) is 5.75 Å². The van der Waals surface area contributed by atoms with Gasteiger partial charge in [-0.15, -0.1) is 5.10 Å². The quantitative estimate of drug-likeness (QED) is 0.327. The van der Waals surface area contributed by atoms with Crippen LogP contribution in [0.4, 0.5) is 23.9 Å². The van der Waals surface area contributed by atoms with Crippen molar-refractivity contribution in [2.75, 3.05) is 19.0 Å². The van der Waals surface area contributed by atoms with Gasteiger partial charge in [0.15, 0.2) is 5.65 Å². The Morgan fingerprint density at radius 3 is 2.54 bits per heavy atom. The van der Waals surface area contributed by atoms with E-state index in [9.17, 15) is 18.0 Å². The normalized spacial score (nSPS) is 15.7. The second-order valence-electron chi connectivity index (χ2n) is 10.2. The van der Waals surface area contributed by atoms with Crippen LogP contribution < -0.4 is 10.1 Å². The van der Waals surface area contributed by atoms with Gasteiger partial charge in [-0.25, -0.2) is 9.31 Å². The number of nitrogens with one attached hydrogen (secondary N) is 1. The van der Waals surface area contributed by atoms with Gasteiger partial charge in [0.25, 0.3) is 0 Å². The molecule has 0 bridgehead atoms. The Kier molecular flexibility index (Phi) is 6.61. The van der Waals surface area contributed by atoms with Gasteiger partial charge in [0.05, 0.1) is 12.7 Å². The molecule has 8 nitrogen and oxygen atoms in total. The van der Waals surface area contributed by atoms with Crippen molar-refractivity contribution in [3.8, 4) is 16.9 Å². The molecule has 0 spiro atoms. The molecule has 0 radical (unpaired) electrons. The number of carbonyl (C=O) groups is 1. The van der Waals surface area contributed by atoms with Gasteiger partial charge in [-0.3, -0.25) is 4.90 Å². The zero-order chi connectivity index (χ0) is 27.9. The lowest BCUT2D eigenvalue weighted by Crippen LogP contribution is -2.45. The number of hydrogen-bond acceptors (Lipinski definition) is 6. The van der Waals surface area contributed by atoms with Crippen molar-refractivity contribution in [3.05, 3.63) is 77.5 Å². The Bertz CT molecular complexity index is 1530. The highest BCUT2D eigenvalue weighted by Gasteiger charge is 2.35. The van der Waals surface area contributed by atoms with E-state index < -0.39 is 29.6 Å². The number of methoxy groups -OCH3 is 1. The summed E-state index contributed by atoms with van der Waals surface area (Å²) in [6.45, 7) is 5.83. The molecule has 39 heavy (non-hydrogen) atoms. The maximum absolute atomic E-state index is 13.5. The molecule has 5 rings (SSSR count). The van der Waals surface area contributed by atoms with Crippen LogP contribution >= 0.6 is 0 Å². The minimum Gasteiger partial charge on any atom is -0.496 e. The lowest BCUT2D eigenvalue weighted by Gasteiger charge is -2.38. The lowest BCUT2D eigenvalue weighted by molar-refractivity contribution is -0.137. The number of fused-ring (bicyclic) bond motifs is 2. The summed E-state index contributed by atoms with van der Waals surface area (Å²) in [7, 11) is 1.40. The Balaban J connectivity index is 1.56. The van der Waals surface area contributed by atoms with E-state index in [1.807, 2.05) is 24.3 Å². The maximum atomic E-state index is 13.5. The average molecular weight is 540 g/mol. The van der Waals surface area contributed by atoms with Crippen LogP contribution in [0.25, 0.3) is 16.8 Å². The summed E-state index contributed by atoms with van der Waals surface area (Å²) in [6.07, 6.45) is -3.31. The predicted octanol–water partition coefficient (Wildman–Crippen LogP) is 6.33. The van der Waals surface area contributed by atoms with E-state index in [1.165, 1.54) is 17.7 Å². The molecule has 1 amide bonds. The van der Waals surface area contributed by atoms with Gasteiger partial charge in [0.2, 0.25) is 5.95 Å². The standard InChI is InChI=1S/C28H28F3N5O3/c1-27(2,3)39-26(37)35-15-13-17-8-5-6-9-19(17)23(35)32-25-33-24-20(10-7-14-36(24)34-25)21-16-18(28(29,30)31)11-12-22(21)38-4/h5-12,14,16,23H,13,15H2,1-4H3,(H,32,34). The van der Waals surface area contributed by atoms with Gasteiger partial charge in [-0.2, -0.15) is 18.2 Å². The SMILES string of the molecule is COc1ccc(C(F)(F)F)cc1-c1cccn2nc(NC3c4ccccc4CCN3C(=O)OC(C)(C)C)nc12. The van der Waals surface area contributed by atoms with Gasteiger partial charge in [-0.05, 0) is 68.7 Å². The summed E-state index contributed by atoms with van der Waals surface area (Å²) in [5.74, 6) is 0.467. The van der Waals surface area contributed by atoms with Crippen molar-refractivity contribution in [1.82, 2.24) is 19.5 Å². The minimum absolute atomic E-state index is 0.198. The number of anilines is 1. The molecule has 1 atom stereocenters. The summed E-state index contributed by atoms with van der Waals surface area (Å²) < 4.78 is 53.0. The maximum Gasteiger partial charge on any atom is 0.416 e. The highest BCUT2D eigenvalue weighted by Crippen LogP contribution is 2.39. The smallest absolute Gasteiger partial charge is 0.416 e. The molecule has 0 saturated heterocycles. The van der Waals surface area contributed by atoms with Crippen molar-refractivity contribution >= 4 is 17.7 Å². The highest BCUT2D eigenvalue weighted by molar-refractivity contribution is 5.82. The first kappa shape index (κ1) is 26.3. The third-order valence-corrected chi connectivity index (χ3v) is 6.36. The number of pyridine rings is 1. The lowest BCUT2D eigenvalue weighted by atomic mass is 9.97. The molecule has 2 aromatic carbocycles. The number of ether oxygens (including phenoxy) is 2. The van der Waals surface area contributed by atoms with E-state index in [4.69, 9.17) is 9.47 Å². The fourth-order valence-electron chi connectivity index (χ4n) is 4.63. The molecule has 1 N–H and O–H groups in total. The van der Waals surface area contributed by atoms with E-state index in [0.717, 1.165) is 23.3 Å². The van der Waals surface area contributed by atoms with Crippen LogP contribution in [0, 0.1) is 0 Å². The monoisotopic (exact) mass is 539 g/mol. The van der Waals surface area contributed by atoms with Crippen LogP contribution in [-0.4, -0.2) is 44.8 Å². The molecule has 2 aromatic heterocycles. The van der Waals surface area contributed by atoms with Crippen LogP contribution in [0.2, 0.25) is 0 Å². The molecule has 3 heterocycles. The molecule has 1 aliphatic heterocycles. The molecule has 4 aromatic rings. The number of alkyl halides is 3. The number of nitrogens with zero attached hydrogens (tertiary/aromatic N) is 4. The molecule has 0 fully saturated rings. The molecule has 0 aliphatic carbocycles. The Hall–Kier alpha value is -4.28. The predicted molar refractivity (Wildman–Crippen MR) is 139 cm³/mol. The number of aromatic nitrogens is 3. The number of halogens is 3. The Morgan fingerprint density at radius 1 is 1.05 bits per heavy atom. The van der Waals surface area contributed by atoms with Crippen molar-refractivity contribution in [2.45, 2.75) is 45.1 Å². The van der Waals surface area contributed by atoms with Crippen molar-refractivity contribution in [1.29, 1.82) is 0 Å². The Labute approximate surface area is 223 Å². The molecule has 11 heteroatoms. The summed E-state index contributed by atoms with van der Waals surface area (Å²) in [6, 6.07) is 14.4. The first-order chi connectivity index (χ1) is 18.4. The fraction of sp³-hybridized carbons (Fsp3) is 0.321. The zero-order valence-corrected chi connectivity index (χ0v) is 21.9. The van der Waals surface area contributed by atoms with Crippen LogP contribution in [0.3, 0.4) is 0 Å². The third-order valence-electron chi connectivity index (χ3n) is 6.36. The summed E-state index contributed by atoms with van der Waals surface area (Å²) in [5, 5.41) is 7.77. The second kappa shape index (κ2) is 9.79. The van der Waals surface area contributed by atoms with E-state index in [1.54, 1.807) is 44.0 Å².